The number of hydrogen-bond donors (Lipinski definition) is 3. The fraction of sp³-hybridized carbons (Fsp3) is 0.100. The molecule has 3 N–H and O–H groups in total. The molecule has 0 saturated carbocycles. The van der Waals surface area contributed by atoms with Crippen LogP contribution in [0.5, 0.6) is 0 Å². The number of nitrogens with zero attached hydrogens (tertiary/aromatic N) is 2. The maximum Gasteiger partial charge on any atom is 0.207 e. The normalized spacial score (nSPS) is 9.75. The Kier molecular flexibility index (Phi) is 3.12. The van der Waals surface area contributed by atoms with Crippen LogP contribution in [0.2, 0.25) is 0 Å². The van der Waals surface area contributed by atoms with Crippen molar-refractivity contribution in [2.75, 3.05) is 5.32 Å². The Morgan fingerprint density at radius 1 is 1.38 bits per heavy atom. The molecule has 0 spiro atoms. The lowest BCUT2D eigenvalue weighted by Crippen LogP contribution is -2.09. The molecule has 2 aromatic rings. The average Bonchev–Trinajstić information content (AvgIpc) is 2.81. The van der Waals surface area contributed by atoms with Gasteiger partial charge in [-0.15, -0.1) is 0 Å². The Hall–Kier alpha value is -2.37. The van der Waals surface area contributed by atoms with E-state index in [1.165, 1.54) is 0 Å². The molecule has 6 heteroatoms. The lowest BCUT2D eigenvalue weighted by molar-refractivity contribution is -0.109. The van der Waals surface area contributed by atoms with Gasteiger partial charge in [0.2, 0.25) is 6.41 Å². The lowest BCUT2D eigenvalue weighted by Gasteiger charge is -2.03. The fourth-order valence-electron chi connectivity index (χ4n) is 1.23. The average molecular weight is 217 g/mol. The molecule has 0 aliphatic heterocycles. The molecule has 0 fully saturated rings. The second-order valence-electron chi connectivity index (χ2n) is 3.15. The molecule has 2 rings (SSSR count). The summed E-state index contributed by atoms with van der Waals surface area (Å²) in [6.07, 6.45) is 4.02. The van der Waals surface area contributed by atoms with Crippen molar-refractivity contribution in [1.82, 2.24) is 20.5 Å². The molecule has 6 nitrogen and oxygen atoms in total. The first-order valence-corrected chi connectivity index (χ1v) is 4.77. The third-order valence-electron chi connectivity index (χ3n) is 1.98. The summed E-state index contributed by atoms with van der Waals surface area (Å²) in [4.78, 5) is 14.3. The van der Waals surface area contributed by atoms with Gasteiger partial charge in [-0.3, -0.25) is 9.89 Å². The first-order valence-electron chi connectivity index (χ1n) is 4.77. The number of H-pyrrole nitrogens is 1. The van der Waals surface area contributed by atoms with Gasteiger partial charge in [-0.05, 0) is 11.6 Å². The Morgan fingerprint density at radius 2 is 2.31 bits per heavy atom. The molecule has 0 aliphatic carbocycles. The number of amides is 1. The van der Waals surface area contributed by atoms with Crippen molar-refractivity contribution in [2.24, 2.45) is 0 Å². The summed E-state index contributed by atoms with van der Waals surface area (Å²) in [6.45, 7) is 0.487. The van der Waals surface area contributed by atoms with Gasteiger partial charge in [0.25, 0.3) is 0 Å². The van der Waals surface area contributed by atoms with Gasteiger partial charge in [-0.1, -0.05) is 6.07 Å². The van der Waals surface area contributed by atoms with Crippen LogP contribution in [0.15, 0.2) is 30.6 Å². The minimum absolute atomic E-state index is 0.487. The number of carbonyl (C=O) groups excluding carboxylic acids is 1. The van der Waals surface area contributed by atoms with E-state index in [-0.39, 0.29) is 0 Å². The summed E-state index contributed by atoms with van der Waals surface area (Å²) < 4.78 is 0. The highest BCUT2D eigenvalue weighted by Crippen LogP contribution is 2.10. The summed E-state index contributed by atoms with van der Waals surface area (Å²) in [5.74, 6) is 1.50. The van der Waals surface area contributed by atoms with Crippen molar-refractivity contribution < 1.29 is 4.79 Å². The van der Waals surface area contributed by atoms with Gasteiger partial charge < -0.3 is 10.6 Å². The highest BCUT2D eigenvalue weighted by Gasteiger charge is 1.97. The second kappa shape index (κ2) is 4.92. The lowest BCUT2D eigenvalue weighted by atomic mass is 10.3. The van der Waals surface area contributed by atoms with E-state index in [1.54, 1.807) is 12.4 Å². The molecule has 0 radical (unpaired) electrons. The zero-order chi connectivity index (χ0) is 11.2. The summed E-state index contributed by atoms with van der Waals surface area (Å²) in [5.41, 5.74) is 0.947. The summed E-state index contributed by atoms with van der Waals surface area (Å²) in [6, 6.07) is 5.54. The van der Waals surface area contributed by atoms with Gasteiger partial charge >= 0.3 is 0 Å². The van der Waals surface area contributed by atoms with Crippen LogP contribution in [-0.4, -0.2) is 21.6 Å². The molecule has 0 saturated heterocycles. The minimum Gasteiger partial charge on any atom is -0.355 e. The Balaban J connectivity index is 1.99. The number of rotatable bonds is 5. The minimum atomic E-state index is 0.487. The largest absolute Gasteiger partial charge is 0.355 e. The number of carbonyl (C=O) groups is 1. The third kappa shape index (κ3) is 2.57. The van der Waals surface area contributed by atoms with Crippen molar-refractivity contribution in [2.45, 2.75) is 6.54 Å². The first-order chi connectivity index (χ1) is 7.88. The highest BCUT2D eigenvalue weighted by atomic mass is 16.1. The van der Waals surface area contributed by atoms with Crippen LogP contribution in [0.4, 0.5) is 11.6 Å². The number of nitrogens with one attached hydrogen (secondary N) is 3. The van der Waals surface area contributed by atoms with Crippen LogP contribution in [0.25, 0.3) is 0 Å². The summed E-state index contributed by atoms with van der Waals surface area (Å²) in [7, 11) is 0. The molecule has 2 heterocycles. The third-order valence-corrected chi connectivity index (χ3v) is 1.98. The van der Waals surface area contributed by atoms with E-state index in [2.05, 4.69) is 25.8 Å². The zero-order valence-electron chi connectivity index (χ0n) is 8.47. The number of pyridine rings is 1. The molecule has 0 bridgehead atoms. The SMILES string of the molecule is O=CNCc1ccc(Nc2ccn[nH]2)nc1. The van der Waals surface area contributed by atoms with E-state index in [0.29, 0.717) is 13.0 Å². The highest BCUT2D eigenvalue weighted by molar-refractivity contribution is 5.51. The molecule has 0 unspecified atom stereocenters. The molecular weight excluding hydrogens is 206 g/mol. The zero-order valence-corrected chi connectivity index (χ0v) is 8.47. The van der Waals surface area contributed by atoms with E-state index in [0.717, 1.165) is 17.2 Å². The van der Waals surface area contributed by atoms with Crippen LogP contribution in [0.1, 0.15) is 5.56 Å². The number of aromatic nitrogens is 3. The van der Waals surface area contributed by atoms with Crippen LogP contribution < -0.4 is 10.6 Å². The molecule has 16 heavy (non-hydrogen) atoms. The van der Waals surface area contributed by atoms with E-state index in [4.69, 9.17) is 0 Å². The molecule has 0 atom stereocenters. The van der Waals surface area contributed by atoms with Gasteiger partial charge in [0, 0.05) is 18.8 Å². The quantitative estimate of drug-likeness (QED) is 0.647. The first kappa shape index (κ1) is 10.2. The Bertz CT molecular complexity index is 437. The van der Waals surface area contributed by atoms with Crippen LogP contribution >= 0.6 is 0 Å². The molecule has 0 aliphatic rings. The predicted molar refractivity (Wildman–Crippen MR) is 59.0 cm³/mol. The predicted octanol–water partition coefficient (Wildman–Crippen LogP) is 0.794. The van der Waals surface area contributed by atoms with E-state index in [9.17, 15) is 4.79 Å². The van der Waals surface area contributed by atoms with Crippen LogP contribution in [0, 0.1) is 0 Å². The van der Waals surface area contributed by atoms with Crippen molar-refractivity contribution >= 4 is 18.0 Å². The fourth-order valence-corrected chi connectivity index (χ4v) is 1.23. The second-order valence-corrected chi connectivity index (χ2v) is 3.15. The molecule has 82 valence electrons. The van der Waals surface area contributed by atoms with E-state index < -0.39 is 0 Å². The smallest absolute Gasteiger partial charge is 0.207 e. The number of hydrogen-bond acceptors (Lipinski definition) is 4. The Labute approximate surface area is 92.1 Å². The molecular formula is C10H11N5O. The van der Waals surface area contributed by atoms with Gasteiger partial charge in [-0.2, -0.15) is 5.10 Å². The van der Waals surface area contributed by atoms with Gasteiger partial charge in [0.15, 0.2) is 0 Å². The summed E-state index contributed by atoms with van der Waals surface area (Å²) in [5, 5.41) is 12.2. The van der Waals surface area contributed by atoms with E-state index in [1.807, 2.05) is 18.2 Å². The van der Waals surface area contributed by atoms with Crippen molar-refractivity contribution in [1.29, 1.82) is 0 Å². The monoisotopic (exact) mass is 217 g/mol. The van der Waals surface area contributed by atoms with Crippen molar-refractivity contribution in [3.63, 3.8) is 0 Å². The Morgan fingerprint density at radius 3 is 2.94 bits per heavy atom. The van der Waals surface area contributed by atoms with Crippen molar-refractivity contribution in [3.05, 3.63) is 36.2 Å². The standard InChI is InChI=1S/C10H11N5O/c16-7-11-5-8-1-2-9(12-6-8)14-10-3-4-13-15-10/h1-4,6-7H,5H2,(H,11,16)(H2,12,13,14,15). The van der Waals surface area contributed by atoms with Gasteiger partial charge in [-0.25, -0.2) is 4.98 Å². The van der Waals surface area contributed by atoms with Gasteiger partial charge in [0.05, 0.1) is 6.20 Å². The van der Waals surface area contributed by atoms with Crippen LogP contribution in [-0.2, 0) is 11.3 Å². The number of aromatic amines is 1. The van der Waals surface area contributed by atoms with Crippen molar-refractivity contribution in [3.8, 4) is 0 Å². The maximum atomic E-state index is 10.1. The molecule has 0 aromatic carbocycles. The molecule has 2 aromatic heterocycles. The van der Waals surface area contributed by atoms with E-state index >= 15 is 0 Å². The summed E-state index contributed by atoms with van der Waals surface area (Å²) >= 11 is 0. The number of anilines is 2. The molecule has 1 amide bonds. The van der Waals surface area contributed by atoms with Gasteiger partial charge in [0.1, 0.15) is 11.6 Å². The van der Waals surface area contributed by atoms with Crippen LogP contribution in [0.3, 0.4) is 0 Å². The topological polar surface area (TPSA) is 82.7 Å². The maximum absolute atomic E-state index is 10.1.